The Morgan fingerprint density at radius 2 is 1.69 bits per heavy atom. The molecule has 1 saturated carbocycles. The van der Waals surface area contributed by atoms with E-state index in [2.05, 4.69) is 109 Å². The van der Waals surface area contributed by atoms with Crippen LogP contribution in [-0.2, 0) is 0 Å². The summed E-state index contributed by atoms with van der Waals surface area (Å²) in [5.41, 5.74) is 10.4. The Morgan fingerprint density at radius 1 is 0.755 bits per heavy atom. The van der Waals surface area contributed by atoms with E-state index in [1.165, 1.54) is 85.1 Å². The molecule has 3 nitrogen and oxygen atoms in total. The summed E-state index contributed by atoms with van der Waals surface area (Å²) in [7, 11) is 0. The van der Waals surface area contributed by atoms with Crippen molar-refractivity contribution in [3.8, 4) is 6.07 Å². The van der Waals surface area contributed by atoms with Crippen LogP contribution in [0.1, 0.15) is 90.4 Å². The van der Waals surface area contributed by atoms with E-state index in [0.29, 0.717) is 29.6 Å². The van der Waals surface area contributed by atoms with Crippen molar-refractivity contribution in [3.63, 3.8) is 0 Å². The van der Waals surface area contributed by atoms with Crippen molar-refractivity contribution in [1.82, 2.24) is 5.32 Å². The lowest BCUT2D eigenvalue weighted by atomic mass is 9.57. The summed E-state index contributed by atoms with van der Waals surface area (Å²) in [4.78, 5) is 5.40. The second-order valence-electron chi connectivity index (χ2n) is 15.7. The minimum absolute atomic E-state index is 0.0939. The van der Waals surface area contributed by atoms with Gasteiger partial charge in [-0.1, -0.05) is 90.6 Å². The molecule has 0 saturated heterocycles. The maximum absolute atomic E-state index is 9.34. The van der Waals surface area contributed by atoms with Gasteiger partial charge in [-0.25, -0.2) is 0 Å². The molecule has 1 N–H and O–H groups in total. The zero-order valence-corrected chi connectivity index (χ0v) is 29.4. The first kappa shape index (κ1) is 32.3. The first-order valence-corrected chi connectivity index (χ1v) is 19.5. The highest BCUT2D eigenvalue weighted by molar-refractivity contribution is 6.15. The molecule has 8 rings (SSSR count). The van der Waals surface area contributed by atoms with Crippen LogP contribution in [0.3, 0.4) is 0 Å². The molecule has 1 heterocycles. The maximum Gasteiger partial charge on any atom is 0.125 e. The third-order valence-corrected chi connectivity index (χ3v) is 12.9. The quantitative estimate of drug-likeness (QED) is 0.292. The molecule has 7 aliphatic carbocycles. The van der Waals surface area contributed by atoms with Gasteiger partial charge in [-0.3, -0.25) is 4.99 Å². The summed E-state index contributed by atoms with van der Waals surface area (Å²) in [5, 5.41) is 13.2. The molecule has 0 aromatic rings. The molecule has 8 aliphatic rings. The second kappa shape index (κ2) is 14.5. The molecule has 0 aromatic carbocycles. The molecule has 49 heavy (non-hydrogen) atoms. The van der Waals surface area contributed by atoms with E-state index in [9.17, 15) is 5.26 Å². The highest BCUT2D eigenvalue weighted by atomic mass is 15.1. The lowest BCUT2D eigenvalue weighted by molar-refractivity contribution is 0.0939. The zero-order chi connectivity index (χ0) is 33.2. The highest BCUT2D eigenvalue weighted by Gasteiger charge is 2.42. The molecule has 8 atom stereocenters. The number of rotatable bonds is 6. The van der Waals surface area contributed by atoms with Gasteiger partial charge >= 0.3 is 0 Å². The molecular weight excluding hydrogens is 595 g/mol. The molecule has 252 valence electrons. The molecule has 8 unspecified atom stereocenters. The number of aliphatic imine (C=N–C) groups is 1. The molecule has 1 fully saturated rings. The largest absolute Gasteiger partial charge is 0.363 e. The van der Waals surface area contributed by atoms with Crippen LogP contribution in [0.2, 0.25) is 0 Å². The Kier molecular flexibility index (Phi) is 9.58. The summed E-state index contributed by atoms with van der Waals surface area (Å²) >= 11 is 0. The molecule has 3 heteroatoms. The molecule has 0 amide bonds. The van der Waals surface area contributed by atoms with Gasteiger partial charge in [0.1, 0.15) is 6.17 Å². The van der Waals surface area contributed by atoms with Crippen LogP contribution < -0.4 is 5.32 Å². The average Bonchev–Trinajstić information content (AvgIpc) is 3.18. The van der Waals surface area contributed by atoms with Crippen LogP contribution in [0, 0.1) is 52.8 Å². The summed E-state index contributed by atoms with van der Waals surface area (Å²) in [6.07, 6.45) is 51.5. The number of hydrogen-bond acceptors (Lipinski definition) is 3. The minimum atomic E-state index is 0.0939. The van der Waals surface area contributed by atoms with Gasteiger partial charge in [0.15, 0.2) is 0 Å². The van der Waals surface area contributed by atoms with E-state index >= 15 is 0 Å². The Hall–Kier alpha value is -3.90. The molecule has 0 bridgehead atoms. The van der Waals surface area contributed by atoms with Gasteiger partial charge in [0.05, 0.1) is 11.8 Å². The van der Waals surface area contributed by atoms with E-state index in [1.54, 1.807) is 5.57 Å². The third-order valence-electron chi connectivity index (χ3n) is 12.9. The van der Waals surface area contributed by atoms with Crippen molar-refractivity contribution in [2.24, 2.45) is 46.4 Å². The number of allylic oxidation sites excluding steroid dienone is 19. The van der Waals surface area contributed by atoms with Gasteiger partial charge in [0.25, 0.3) is 0 Å². The molecular formula is C46H53N3. The number of nitriles is 1. The first-order valence-electron chi connectivity index (χ1n) is 19.5. The summed E-state index contributed by atoms with van der Waals surface area (Å²) in [6, 6.07) is 2.37. The molecule has 0 spiro atoms. The van der Waals surface area contributed by atoms with Crippen molar-refractivity contribution >= 4 is 5.71 Å². The smallest absolute Gasteiger partial charge is 0.125 e. The molecule has 0 radical (unpaired) electrons. The molecule has 0 aromatic heterocycles. The van der Waals surface area contributed by atoms with Crippen LogP contribution >= 0.6 is 0 Å². The van der Waals surface area contributed by atoms with Crippen molar-refractivity contribution in [2.45, 2.75) is 96.6 Å². The van der Waals surface area contributed by atoms with E-state index < -0.39 is 0 Å². The van der Waals surface area contributed by atoms with E-state index in [1.807, 2.05) is 0 Å². The van der Waals surface area contributed by atoms with Crippen LogP contribution in [-0.4, -0.2) is 11.9 Å². The maximum atomic E-state index is 9.34. The average molecular weight is 648 g/mol. The predicted octanol–water partition coefficient (Wildman–Crippen LogP) is 11.0. The number of nitrogens with zero attached hydrogens (tertiary/aromatic N) is 2. The number of hydrogen-bond donors (Lipinski definition) is 1. The number of fused-ring (bicyclic) bond motifs is 1. The van der Waals surface area contributed by atoms with Gasteiger partial charge in [-0.05, 0) is 148 Å². The summed E-state index contributed by atoms with van der Waals surface area (Å²) in [6.45, 7) is 2.26. The normalized spacial score (nSPS) is 35.6. The van der Waals surface area contributed by atoms with E-state index in [4.69, 9.17) is 4.99 Å². The summed E-state index contributed by atoms with van der Waals surface area (Å²) in [5.74, 6) is 4.40. The van der Waals surface area contributed by atoms with Crippen LogP contribution in [0.5, 0.6) is 0 Å². The lowest BCUT2D eigenvalue weighted by Gasteiger charge is -2.47. The molecule has 1 aliphatic heterocycles. The van der Waals surface area contributed by atoms with Crippen LogP contribution in [0.4, 0.5) is 0 Å². The fourth-order valence-corrected chi connectivity index (χ4v) is 10.2. The van der Waals surface area contributed by atoms with Gasteiger partial charge in [-0.15, -0.1) is 0 Å². The topological polar surface area (TPSA) is 48.2 Å². The van der Waals surface area contributed by atoms with Gasteiger partial charge < -0.3 is 5.32 Å². The number of nitrogens with one attached hydrogen (secondary N) is 1. The SMILES string of the molecule is CC1=C(C2=CCCC=C2)NC(C2C=CCCC2)N=C1C1=CCC(C2=CCC(C3CCC(C4=CC=C(C#N)CC4)C4C=CCCC43)C=C2)C=C1. The predicted molar refractivity (Wildman–Crippen MR) is 203 cm³/mol. The Morgan fingerprint density at radius 3 is 2.43 bits per heavy atom. The minimum Gasteiger partial charge on any atom is -0.363 e. The van der Waals surface area contributed by atoms with Gasteiger partial charge in [0, 0.05) is 23.1 Å². The van der Waals surface area contributed by atoms with Gasteiger partial charge in [-0.2, -0.15) is 5.26 Å². The standard InChI is InChI=1S/C46H53N3/c1-31-44(37-10-4-2-5-11-37)48-46(39-12-6-3-7-13-39)49-45(31)38-26-22-34(23-27-38)33-20-24-36(25-21-33)41-29-28-40(42-14-8-9-15-43(41)42)35-18-16-32(30-47)17-19-35/h4,6,8,10-12,14,16,18,20-22,24,26-27,34,36,39-43,46,48H,2-3,5,7,9,13,15,17,19,23,25,28-29H2,1H3. The lowest BCUT2D eigenvalue weighted by Crippen LogP contribution is -2.40. The fourth-order valence-electron chi connectivity index (χ4n) is 10.2. The fraction of sp³-hybridized carbons (Fsp3) is 0.478. The van der Waals surface area contributed by atoms with Crippen LogP contribution in [0.15, 0.2) is 135 Å². The van der Waals surface area contributed by atoms with Gasteiger partial charge in [0.2, 0.25) is 0 Å². The summed E-state index contributed by atoms with van der Waals surface area (Å²) < 4.78 is 0. The first-order chi connectivity index (χ1) is 24.2. The van der Waals surface area contributed by atoms with E-state index in [0.717, 1.165) is 49.5 Å². The van der Waals surface area contributed by atoms with E-state index in [-0.39, 0.29) is 6.17 Å². The Balaban J connectivity index is 0.947. The second-order valence-corrected chi connectivity index (χ2v) is 15.7. The third kappa shape index (κ3) is 6.69. The Labute approximate surface area is 294 Å². The monoisotopic (exact) mass is 647 g/mol. The van der Waals surface area contributed by atoms with Crippen LogP contribution in [0.25, 0.3) is 0 Å². The Bertz CT molecular complexity index is 1730. The van der Waals surface area contributed by atoms with Crippen molar-refractivity contribution in [3.05, 3.63) is 130 Å². The highest BCUT2D eigenvalue weighted by Crippen LogP contribution is 2.52. The zero-order valence-electron chi connectivity index (χ0n) is 29.4. The van der Waals surface area contributed by atoms with Crippen molar-refractivity contribution in [2.75, 3.05) is 0 Å². The van der Waals surface area contributed by atoms with Crippen molar-refractivity contribution in [1.29, 1.82) is 5.26 Å². The van der Waals surface area contributed by atoms with Crippen molar-refractivity contribution < 1.29 is 0 Å².